The Bertz CT molecular complexity index is 743. The number of sulfone groups is 1. The van der Waals surface area contributed by atoms with Crippen LogP contribution in [0.1, 0.15) is 32.0 Å². The van der Waals surface area contributed by atoms with Crippen LogP contribution in [0.5, 0.6) is 0 Å². The van der Waals surface area contributed by atoms with E-state index in [1.54, 1.807) is 0 Å². The molecule has 0 radical (unpaired) electrons. The fourth-order valence-electron chi connectivity index (χ4n) is 3.29. The third kappa shape index (κ3) is 4.98. The van der Waals surface area contributed by atoms with Crippen molar-refractivity contribution < 1.29 is 17.9 Å². The van der Waals surface area contributed by atoms with E-state index in [-0.39, 0.29) is 34.7 Å². The summed E-state index contributed by atoms with van der Waals surface area (Å²) in [5.41, 5.74) is 0. The lowest BCUT2D eigenvalue weighted by molar-refractivity contribution is -0.120. The van der Waals surface area contributed by atoms with Crippen LogP contribution in [0.4, 0.5) is 0 Å². The van der Waals surface area contributed by atoms with Gasteiger partial charge in [-0.2, -0.15) is 0 Å². The van der Waals surface area contributed by atoms with E-state index in [2.05, 4.69) is 15.5 Å². The molecule has 3 atom stereocenters. The van der Waals surface area contributed by atoms with Crippen LogP contribution < -0.4 is 5.32 Å². The summed E-state index contributed by atoms with van der Waals surface area (Å²) in [6, 6.07) is 0. The van der Waals surface area contributed by atoms with Crippen molar-refractivity contribution in [1.82, 2.24) is 20.1 Å². The molecule has 8 nitrogen and oxygen atoms in total. The topological polar surface area (TPSA) is 103 Å². The third-order valence-electron chi connectivity index (χ3n) is 4.90. The van der Waals surface area contributed by atoms with Gasteiger partial charge < -0.3 is 14.6 Å². The highest BCUT2D eigenvalue weighted by Crippen LogP contribution is 2.25. The molecular formula is C16H26N4O4S2. The van der Waals surface area contributed by atoms with Gasteiger partial charge in [-0.3, -0.25) is 4.79 Å². The van der Waals surface area contributed by atoms with Gasteiger partial charge in [-0.05, 0) is 32.1 Å². The van der Waals surface area contributed by atoms with Gasteiger partial charge in [-0.1, -0.05) is 11.8 Å². The zero-order chi connectivity index (χ0) is 18.7. The number of carbonyl (C=O) groups excluding carboxylic acids is 1. The van der Waals surface area contributed by atoms with E-state index in [9.17, 15) is 13.2 Å². The van der Waals surface area contributed by atoms with Crippen LogP contribution in [-0.4, -0.2) is 65.1 Å². The number of nitrogens with zero attached hydrogens (tertiary/aromatic N) is 3. The van der Waals surface area contributed by atoms with Crippen LogP contribution >= 0.6 is 11.8 Å². The molecule has 26 heavy (non-hydrogen) atoms. The van der Waals surface area contributed by atoms with Crippen molar-refractivity contribution in [2.45, 2.75) is 49.1 Å². The molecule has 3 unspecified atom stereocenters. The highest BCUT2D eigenvalue weighted by Gasteiger charge is 2.29. The van der Waals surface area contributed by atoms with Crippen molar-refractivity contribution in [3.05, 3.63) is 5.82 Å². The maximum Gasteiger partial charge on any atom is 0.233 e. The van der Waals surface area contributed by atoms with Crippen LogP contribution in [0.25, 0.3) is 0 Å². The van der Waals surface area contributed by atoms with Gasteiger partial charge in [0, 0.05) is 26.6 Å². The minimum atomic E-state index is -2.89. The molecule has 1 aromatic heterocycles. The minimum absolute atomic E-state index is 0.0445. The first-order valence-electron chi connectivity index (χ1n) is 8.99. The first-order chi connectivity index (χ1) is 12.3. The first-order valence-corrected chi connectivity index (χ1v) is 11.7. The monoisotopic (exact) mass is 402 g/mol. The van der Waals surface area contributed by atoms with Gasteiger partial charge in [-0.15, -0.1) is 10.2 Å². The predicted octanol–water partition coefficient (Wildman–Crippen LogP) is 0.568. The fraction of sp³-hybridized carbons (Fsp3) is 0.812. The van der Waals surface area contributed by atoms with Gasteiger partial charge in [0.05, 0.1) is 22.9 Å². The lowest BCUT2D eigenvalue weighted by Crippen LogP contribution is -2.36. The summed E-state index contributed by atoms with van der Waals surface area (Å²) < 4.78 is 30.6. The number of ether oxygens (including phenoxy) is 1. The van der Waals surface area contributed by atoms with Crippen molar-refractivity contribution in [2.24, 2.45) is 13.0 Å². The molecule has 2 aliphatic rings. The molecule has 2 fully saturated rings. The van der Waals surface area contributed by atoms with Crippen LogP contribution in [0, 0.1) is 5.92 Å². The van der Waals surface area contributed by atoms with E-state index in [4.69, 9.17) is 4.74 Å². The van der Waals surface area contributed by atoms with E-state index in [1.165, 1.54) is 11.8 Å². The second-order valence-electron chi connectivity index (χ2n) is 7.07. The predicted molar refractivity (Wildman–Crippen MR) is 98.8 cm³/mol. The minimum Gasteiger partial charge on any atom is -0.376 e. The maximum atomic E-state index is 12.3. The van der Waals surface area contributed by atoms with Gasteiger partial charge in [0.15, 0.2) is 15.0 Å². The molecule has 10 heteroatoms. The molecule has 3 rings (SSSR count). The van der Waals surface area contributed by atoms with E-state index in [0.29, 0.717) is 24.5 Å². The third-order valence-corrected chi connectivity index (χ3v) is 7.87. The van der Waals surface area contributed by atoms with Crippen LogP contribution in [0.2, 0.25) is 0 Å². The summed E-state index contributed by atoms with van der Waals surface area (Å²) in [7, 11) is -1.03. The molecule has 146 valence electrons. The Morgan fingerprint density at radius 1 is 1.42 bits per heavy atom. The summed E-state index contributed by atoms with van der Waals surface area (Å²) in [5.74, 6) is 1.31. The average Bonchev–Trinajstić information content (AvgIpc) is 3.30. The Morgan fingerprint density at radius 3 is 2.88 bits per heavy atom. The number of nitrogens with one attached hydrogen (secondary N) is 1. The van der Waals surface area contributed by atoms with Gasteiger partial charge in [-0.25, -0.2) is 8.42 Å². The fourth-order valence-corrected chi connectivity index (χ4v) is 6.01. The quantitative estimate of drug-likeness (QED) is 0.665. The Hall–Kier alpha value is -1.13. The van der Waals surface area contributed by atoms with E-state index in [1.807, 2.05) is 18.5 Å². The first kappa shape index (κ1) is 19.6. The molecule has 0 bridgehead atoms. The zero-order valence-electron chi connectivity index (χ0n) is 15.2. The zero-order valence-corrected chi connectivity index (χ0v) is 16.8. The molecule has 1 amide bonds. The molecule has 1 N–H and O–H groups in total. The van der Waals surface area contributed by atoms with Gasteiger partial charge in [0.2, 0.25) is 5.91 Å². The Kier molecular flexibility index (Phi) is 6.24. The Morgan fingerprint density at radius 2 is 2.23 bits per heavy atom. The van der Waals surface area contributed by atoms with E-state index >= 15 is 0 Å². The molecule has 0 saturated carbocycles. The van der Waals surface area contributed by atoms with Crippen LogP contribution in [0.3, 0.4) is 0 Å². The molecule has 0 spiro atoms. The maximum absolute atomic E-state index is 12.3. The molecule has 0 aliphatic carbocycles. The number of rotatable bonds is 7. The van der Waals surface area contributed by atoms with Crippen molar-refractivity contribution in [3.8, 4) is 0 Å². The lowest BCUT2D eigenvalue weighted by atomic mass is 10.1. The summed E-state index contributed by atoms with van der Waals surface area (Å²) >= 11 is 1.36. The number of hydrogen-bond acceptors (Lipinski definition) is 7. The van der Waals surface area contributed by atoms with Crippen molar-refractivity contribution in [2.75, 3.05) is 24.7 Å². The molecule has 0 aromatic carbocycles. The summed E-state index contributed by atoms with van der Waals surface area (Å²) in [5, 5.41) is 11.7. The number of amides is 1. The van der Waals surface area contributed by atoms with Crippen molar-refractivity contribution in [3.63, 3.8) is 0 Å². The smallest absolute Gasteiger partial charge is 0.233 e. The second kappa shape index (κ2) is 8.26. The molecule has 3 heterocycles. The number of hydrogen-bond donors (Lipinski definition) is 1. The van der Waals surface area contributed by atoms with E-state index < -0.39 is 9.84 Å². The van der Waals surface area contributed by atoms with Gasteiger partial charge in [0.25, 0.3) is 0 Å². The molecule has 1 aromatic rings. The van der Waals surface area contributed by atoms with Crippen LogP contribution in [-0.2, 0) is 32.8 Å². The number of aromatic nitrogens is 3. The summed E-state index contributed by atoms with van der Waals surface area (Å²) in [6.07, 6.45) is 3.45. The SMILES string of the molecule is CC(Sc1nnc(CC2CCS(=O)(=O)C2)n1C)C(=O)NCC1CCCO1. The number of thioether (sulfide) groups is 1. The highest BCUT2D eigenvalue weighted by molar-refractivity contribution is 8.00. The summed E-state index contributed by atoms with van der Waals surface area (Å²) in [4.78, 5) is 12.3. The largest absolute Gasteiger partial charge is 0.376 e. The van der Waals surface area contributed by atoms with Crippen LogP contribution in [0.15, 0.2) is 5.16 Å². The van der Waals surface area contributed by atoms with Gasteiger partial charge in [0.1, 0.15) is 5.82 Å². The normalized spacial score (nSPS) is 26.1. The molecule has 2 saturated heterocycles. The lowest BCUT2D eigenvalue weighted by Gasteiger charge is -2.14. The molecule has 2 aliphatic heterocycles. The highest BCUT2D eigenvalue weighted by atomic mass is 32.2. The standard InChI is InChI=1S/C16H26N4O4S2/c1-11(15(21)17-9-13-4-3-6-24-13)25-16-19-18-14(20(16)2)8-12-5-7-26(22,23)10-12/h11-13H,3-10H2,1-2H3,(H,17,21). The average molecular weight is 403 g/mol. The molecular weight excluding hydrogens is 376 g/mol. The van der Waals surface area contributed by atoms with Gasteiger partial charge >= 0.3 is 0 Å². The van der Waals surface area contributed by atoms with Crippen molar-refractivity contribution in [1.29, 1.82) is 0 Å². The Balaban J connectivity index is 1.51. The van der Waals surface area contributed by atoms with Crippen molar-refractivity contribution >= 4 is 27.5 Å². The second-order valence-corrected chi connectivity index (χ2v) is 10.6. The van der Waals surface area contributed by atoms with E-state index in [0.717, 1.165) is 25.3 Å². The summed E-state index contributed by atoms with van der Waals surface area (Å²) in [6.45, 7) is 3.16. The Labute approximate surface area is 158 Å². The number of carbonyl (C=O) groups is 1.